The third kappa shape index (κ3) is 2.54. The van der Waals surface area contributed by atoms with Gasteiger partial charge < -0.3 is 0 Å². The highest BCUT2D eigenvalue weighted by Gasteiger charge is 2.68. The third-order valence-corrected chi connectivity index (χ3v) is 8.57. The van der Waals surface area contributed by atoms with Crippen LogP contribution in [0.4, 0.5) is 4.39 Å². The van der Waals surface area contributed by atoms with Gasteiger partial charge in [-0.25, -0.2) is 4.39 Å². The number of hydrogen-bond acceptors (Lipinski definition) is 1. The zero-order chi connectivity index (χ0) is 24.0. The van der Waals surface area contributed by atoms with E-state index in [0.717, 1.165) is 16.8 Å². The van der Waals surface area contributed by atoms with E-state index in [1.807, 2.05) is 18.5 Å². The van der Waals surface area contributed by atoms with E-state index in [9.17, 15) is 4.39 Å². The van der Waals surface area contributed by atoms with Crippen LogP contribution in [0.1, 0.15) is 40.6 Å². The molecule has 36 heavy (non-hydrogen) atoms. The molecule has 2 aromatic carbocycles. The smallest absolute Gasteiger partial charge is 0.213 e. The molecule has 3 aromatic heterocycles. The monoisotopic (exact) mass is 469 g/mol. The molecule has 0 saturated heterocycles. The molecule has 1 aliphatic carbocycles. The SMILES string of the molecule is Cc1cc2[n+](cc1-c1ccncc1)C1C3c4ccccc4-c4cccc[n+]4C3C1c1ccc(F)cc1-2. The Kier molecular flexibility index (Phi) is 4.00. The van der Waals surface area contributed by atoms with Crippen LogP contribution in [0, 0.1) is 12.7 Å². The number of rotatable bonds is 1. The lowest BCUT2D eigenvalue weighted by Crippen LogP contribution is -2.67. The molecule has 172 valence electrons. The minimum atomic E-state index is -0.187. The Morgan fingerprint density at radius 2 is 1.44 bits per heavy atom. The zero-order valence-corrected chi connectivity index (χ0v) is 19.8. The largest absolute Gasteiger partial charge is 0.265 e. The van der Waals surface area contributed by atoms with Crippen LogP contribution in [-0.2, 0) is 0 Å². The molecular formula is C32H24FN3+2. The van der Waals surface area contributed by atoms with Crippen LogP contribution < -0.4 is 9.13 Å². The third-order valence-electron chi connectivity index (χ3n) is 8.57. The van der Waals surface area contributed by atoms with Gasteiger partial charge in [-0.15, -0.1) is 0 Å². The number of fused-ring (bicyclic) bond motifs is 14. The van der Waals surface area contributed by atoms with Crippen molar-refractivity contribution < 1.29 is 13.5 Å². The second-order valence-corrected chi connectivity index (χ2v) is 10.2. The highest BCUT2D eigenvalue weighted by Crippen LogP contribution is 2.64. The molecule has 4 unspecified atom stereocenters. The molecule has 5 heterocycles. The van der Waals surface area contributed by atoms with E-state index in [1.165, 1.54) is 33.5 Å². The van der Waals surface area contributed by atoms with Crippen molar-refractivity contribution in [1.82, 2.24) is 4.98 Å². The number of aromatic nitrogens is 3. The summed E-state index contributed by atoms with van der Waals surface area (Å²) in [5.74, 6) is 0.407. The Hall–Kier alpha value is -4.18. The first-order chi connectivity index (χ1) is 17.7. The number of benzene rings is 2. The predicted molar refractivity (Wildman–Crippen MR) is 136 cm³/mol. The van der Waals surface area contributed by atoms with Crippen molar-refractivity contribution >= 4 is 0 Å². The summed E-state index contributed by atoms with van der Waals surface area (Å²) in [6, 6.07) is 27.6. The Bertz CT molecular complexity index is 1690. The molecule has 1 saturated carbocycles. The molecule has 5 aromatic rings. The summed E-state index contributed by atoms with van der Waals surface area (Å²) in [5.41, 5.74) is 10.9. The van der Waals surface area contributed by atoms with E-state index >= 15 is 0 Å². The summed E-state index contributed by atoms with van der Waals surface area (Å²) in [4.78, 5) is 4.21. The fourth-order valence-corrected chi connectivity index (χ4v) is 7.10. The van der Waals surface area contributed by atoms with Gasteiger partial charge in [-0.2, -0.15) is 9.13 Å². The zero-order valence-electron chi connectivity index (χ0n) is 19.8. The number of aryl methyl sites for hydroxylation is 1. The van der Waals surface area contributed by atoms with Crippen molar-refractivity contribution in [1.29, 1.82) is 0 Å². The molecule has 0 bridgehead atoms. The molecule has 3 aliphatic rings. The molecule has 0 radical (unpaired) electrons. The summed E-state index contributed by atoms with van der Waals surface area (Å²) in [6.45, 7) is 2.15. The van der Waals surface area contributed by atoms with Crippen molar-refractivity contribution in [3.8, 4) is 33.6 Å². The van der Waals surface area contributed by atoms with Gasteiger partial charge in [0.2, 0.25) is 11.4 Å². The molecule has 4 heteroatoms. The average molecular weight is 470 g/mol. The van der Waals surface area contributed by atoms with Gasteiger partial charge in [0.25, 0.3) is 0 Å². The van der Waals surface area contributed by atoms with Gasteiger partial charge in [0.15, 0.2) is 24.5 Å². The van der Waals surface area contributed by atoms with Gasteiger partial charge in [-0.05, 0) is 65.6 Å². The Morgan fingerprint density at radius 3 is 2.31 bits per heavy atom. The lowest BCUT2D eigenvalue weighted by molar-refractivity contribution is -0.801. The predicted octanol–water partition coefficient (Wildman–Crippen LogP) is 6.10. The van der Waals surface area contributed by atoms with Crippen molar-refractivity contribution in [3.05, 3.63) is 126 Å². The minimum Gasteiger partial charge on any atom is -0.265 e. The van der Waals surface area contributed by atoms with Gasteiger partial charge in [0.1, 0.15) is 17.7 Å². The van der Waals surface area contributed by atoms with Crippen molar-refractivity contribution in [2.45, 2.75) is 30.8 Å². The van der Waals surface area contributed by atoms with Crippen LogP contribution in [0.5, 0.6) is 0 Å². The fraction of sp³-hybridized carbons (Fsp3) is 0.156. The minimum absolute atomic E-state index is 0.187. The first kappa shape index (κ1) is 20.1. The van der Waals surface area contributed by atoms with Gasteiger partial charge in [-0.1, -0.05) is 24.3 Å². The van der Waals surface area contributed by atoms with Crippen LogP contribution in [0.25, 0.3) is 33.6 Å². The lowest BCUT2D eigenvalue weighted by Gasteiger charge is -2.49. The number of hydrogen-bond donors (Lipinski definition) is 0. The summed E-state index contributed by atoms with van der Waals surface area (Å²) in [7, 11) is 0. The molecular weight excluding hydrogens is 445 g/mol. The Balaban J connectivity index is 1.42. The van der Waals surface area contributed by atoms with Crippen LogP contribution in [0.15, 0.2) is 104 Å². The summed E-state index contributed by atoms with van der Waals surface area (Å²) >= 11 is 0. The normalized spacial score (nSPS) is 22.2. The summed E-state index contributed by atoms with van der Waals surface area (Å²) in [5, 5.41) is 0. The van der Waals surface area contributed by atoms with Crippen LogP contribution >= 0.6 is 0 Å². The maximum atomic E-state index is 14.6. The highest BCUT2D eigenvalue weighted by atomic mass is 19.1. The highest BCUT2D eigenvalue weighted by molar-refractivity contribution is 5.72. The van der Waals surface area contributed by atoms with Crippen molar-refractivity contribution in [3.63, 3.8) is 0 Å². The quantitative estimate of drug-likeness (QED) is 0.272. The standard InChI is InChI=1S/C32H24FN3/c1-19-16-28-25-17-21(33)9-10-24(25)30-31-29(32(30)36(28)18-26(19)20-11-13-34-14-12-20)23-7-3-2-6-22(23)27-8-4-5-15-35(27)31/h2-18,29-32H,1H3/q+2. The van der Waals surface area contributed by atoms with Crippen molar-refractivity contribution in [2.75, 3.05) is 0 Å². The second kappa shape index (κ2) is 7.17. The number of pyridine rings is 3. The first-order valence-electron chi connectivity index (χ1n) is 12.6. The number of halogens is 1. The summed E-state index contributed by atoms with van der Waals surface area (Å²) < 4.78 is 19.5. The van der Waals surface area contributed by atoms with Crippen LogP contribution in [-0.4, -0.2) is 4.98 Å². The maximum Gasteiger partial charge on any atom is 0.213 e. The maximum absolute atomic E-state index is 14.6. The van der Waals surface area contributed by atoms with Crippen LogP contribution in [0.2, 0.25) is 0 Å². The fourth-order valence-electron chi connectivity index (χ4n) is 7.10. The van der Waals surface area contributed by atoms with Crippen molar-refractivity contribution in [2.24, 2.45) is 0 Å². The van der Waals surface area contributed by atoms with E-state index in [2.05, 4.69) is 94.1 Å². The molecule has 2 aliphatic heterocycles. The number of nitrogens with zero attached hydrogens (tertiary/aromatic N) is 3. The van der Waals surface area contributed by atoms with Gasteiger partial charge in [0, 0.05) is 36.2 Å². The van der Waals surface area contributed by atoms with Gasteiger partial charge >= 0.3 is 0 Å². The van der Waals surface area contributed by atoms with E-state index < -0.39 is 0 Å². The van der Waals surface area contributed by atoms with E-state index in [0.29, 0.717) is 5.92 Å². The first-order valence-corrected chi connectivity index (χ1v) is 12.6. The lowest BCUT2D eigenvalue weighted by atomic mass is 9.55. The van der Waals surface area contributed by atoms with E-state index in [4.69, 9.17) is 0 Å². The molecule has 0 N–H and O–H groups in total. The Morgan fingerprint density at radius 1 is 0.694 bits per heavy atom. The molecule has 3 nitrogen and oxygen atoms in total. The van der Waals surface area contributed by atoms with E-state index in [-0.39, 0.29) is 23.8 Å². The second-order valence-electron chi connectivity index (χ2n) is 10.2. The molecule has 1 fully saturated rings. The molecule has 4 atom stereocenters. The van der Waals surface area contributed by atoms with Crippen LogP contribution in [0.3, 0.4) is 0 Å². The van der Waals surface area contributed by atoms with Gasteiger partial charge in [0.05, 0.1) is 11.1 Å². The average Bonchev–Trinajstić information content (AvgIpc) is 2.90. The van der Waals surface area contributed by atoms with E-state index in [1.54, 1.807) is 12.1 Å². The topological polar surface area (TPSA) is 20.6 Å². The molecule has 0 amide bonds. The summed E-state index contributed by atoms with van der Waals surface area (Å²) in [6.07, 6.45) is 8.21. The van der Waals surface area contributed by atoms with Gasteiger partial charge in [-0.3, -0.25) is 4.98 Å². The molecule has 8 rings (SSSR count). The Labute approximate surface area is 209 Å². The molecule has 0 spiro atoms.